The van der Waals surface area contributed by atoms with Crippen molar-refractivity contribution in [2.45, 2.75) is 39.2 Å². The maximum Gasteiger partial charge on any atom is 0.168 e. The summed E-state index contributed by atoms with van der Waals surface area (Å²) in [5.41, 5.74) is 6.65. The molecule has 0 spiro atoms. The molecule has 0 amide bonds. The van der Waals surface area contributed by atoms with Crippen LogP contribution < -0.4 is 10.5 Å². The average molecular weight is 239 g/mol. The molecule has 1 aromatic carbocycles. The number of ether oxygens (including phenoxy) is 1. The number of methoxy groups -OCH3 is 1. The summed E-state index contributed by atoms with van der Waals surface area (Å²) in [5.74, 6) is 0.643. The van der Waals surface area contributed by atoms with Gasteiger partial charge in [-0.15, -0.1) is 0 Å². The van der Waals surface area contributed by atoms with E-state index >= 15 is 0 Å². The normalized spacial score (nSPS) is 12.8. The van der Waals surface area contributed by atoms with Crippen molar-refractivity contribution in [1.82, 2.24) is 0 Å². The van der Waals surface area contributed by atoms with Crippen molar-refractivity contribution in [1.29, 1.82) is 0 Å². The Labute approximate surface area is 103 Å². The van der Waals surface area contributed by atoms with E-state index < -0.39 is 0 Å². The van der Waals surface area contributed by atoms with E-state index in [4.69, 9.17) is 10.5 Å². The second kappa shape index (κ2) is 6.60. The Kier molecular flexibility index (Phi) is 5.42. The molecule has 3 heteroatoms. The van der Waals surface area contributed by atoms with Crippen molar-refractivity contribution in [3.05, 3.63) is 29.6 Å². The van der Waals surface area contributed by atoms with Crippen LogP contribution in [0.2, 0.25) is 0 Å². The molecule has 0 bridgehead atoms. The van der Waals surface area contributed by atoms with Crippen LogP contribution in [0.5, 0.6) is 5.75 Å². The summed E-state index contributed by atoms with van der Waals surface area (Å²) in [6, 6.07) is 5.21. The standard InChI is InChI=1S/C14H22FNO/c1-10(2)7-8-12(16)9-11-5-4-6-13(17-3)14(11)15/h4-6,10,12H,7-9,16H2,1-3H3. The van der Waals surface area contributed by atoms with E-state index in [2.05, 4.69) is 13.8 Å². The van der Waals surface area contributed by atoms with Crippen LogP contribution in [0.15, 0.2) is 18.2 Å². The summed E-state index contributed by atoms with van der Waals surface area (Å²) in [6.07, 6.45) is 2.57. The highest BCUT2D eigenvalue weighted by atomic mass is 19.1. The van der Waals surface area contributed by atoms with Gasteiger partial charge in [0, 0.05) is 6.04 Å². The highest BCUT2D eigenvalue weighted by molar-refractivity contribution is 5.31. The molecule has 1 atom stereocenters. The molecule has 96 valence electrons. The molecule has 0 aromatic heterocycles. The molecule has 0 aliphatic heterocycles. The first kappa shape index (κ1) is 14.0. The molecular formula is C14H22FNO. The maximum absolute atomic E-state index is 13.9. The Balaban J connectivity index is 2.62. The SMILES string of the molecule is COc1cccc(CC(N)CCC(C)C)c1F. The van der Waals surface area contributed by atoms with Gasteiger partial charge in [0.2, 0.25) is 0 Å². The van der Waals surface area contributed by atoms with Gasteiger partial charge in [-0.2, -0.15) is 0 Å². The predicted molar refractivity (Wildman–Crippen MR) is 68.7 cm³/mol. The number of nitrogens with two attached hydrogens (primary N) is 1. The number of halogens is 1. The Morgan fingerprint density at radius 1 is 1.29 bits per heavy atom. The molecule has 0 fully saturated rings. The fourth-order valence-corrected chi connectivity index (χ4v) is 1.80. The lowest BCUT2D eigenvalue weighted by molar-refractivity contribution is 0.382. The topological polar surface area (TPSA) is 35.2 Å². The first-order valence-corrected chi connectivity index (χ1v) is 6.11. The van der Waals surface area contributed by atoms with Gasteiger partial charge in [0.1, 0.15) is 0 Å². The lowest BCUT2D eigenvalue weighted by Gasteiger charge is -2.14. The molecule has 0 saturated carbocycles. The van der Waals surface area contributed by atoms with Gasteiger partial charge in [-0.1, -0.05) is 26.0 Å². The molecule has 0 radical (unpaired) electrons. The van der Waals surface area contributed by atoms with E-state index in [1.54, 1.807) is 18.2 Å². The third kappa shape index (κ3) is 4.35. The zero-order valence-electron chi connectivity index (χ0n) is 10.9. The monoisotopic (exact) mass is 239 g/mol. The van der Waals surface area contributed by atoms with E-state index in [9.17, 15) is 4.39 Å². The van der Waals surface area contributed by atoms with E-state index in [-0.39, 0.29) is 11.9 Å². The molecule has 1 unspecified atom stereocenters. The number of hydrogen-bond donors (Lipinski definition) is 1. The summed E-state index contributed by atoms with van der Waals surface area (Å²) in [4.78, 5) is 0. The van der Waals surface area contributed by atoms with Gasteiger partial charge in [0.05, 0.1) is 7.11 Å². The first-order chi connectivity index (χ1) is 8.04. The Morgan fingerprint density at radius 2 is 2.00 bits per heavy atom. The van der Waals surface area contributed by atoms with E-state index in [1.165, 1.54) is 7.11 Å². The van der Waals surface area contributed by atoms with Gasteiger partial charge >= 0.3 is 0 Å². The summed E-state index contributed by atoms with van der Waals surface area (Å²) in [5, 5.41) is 0. The highest BCUT2D eigenvalue weighted by Crippen LogP contribution is 2.21. The van der Waals surface area contributed by atoms with E-state index in [1.807, 2.05) is 0 Å². The lowest BCUT2D eigenvalue weighted by atomic mass is 9.98. The van der Waals surface area contributed by atoms with Crippen LogP contribution in [0.25, 0.3) is 0 Å². The second-order valence-corrected chi connectivity index (χ2v) is 4.87. The second-order valence-electron chi connectivity index (χ2n) is 4.87. The fraction of sp³-hybridized carbons (Fsp3) is 0.571. The van der Waals surface area contributed by atoms with Crippen LogP contribution in [0, 0.1) is 11.7 Å². The minimum absolute atomic E-state index is 0.0130. The summed E-state index contributed by atoms with van der Waals surface area (Å²) in [6.45, 7) is 4.33. The number of rotatable bonds is 6. The highest BCUT2D eigenvalue weighted by Gasteiger charge is 2.12. The maximum atomic E-state index is 13.9. The zero-order chi connectivity index (χ0) is 12.8. The molecule has 0 aliphatic carbocycles. The Morgan fingerprint density at radius 3 is 2.59 bits per heavy atom. The minimum Gasteiger partial charge on any atom is -0.494 e. The molecule has 17 heavy (non-hydrogen) atoms. The van der Waals surface area contributed by atoms with Crippen LogP contribution in [0.4, 0.5) is 4.39 Å². The minimum atomic E-state index is -0.282. The predicted octanol–water partition coefficient (Wildman–Crippen LogP) is 3.14. The average Bonchev–Trinajstić information content (AvgIpc) is 2.29. The zero-order valence-corrected chi connectivity index (χ0v) is 10.9. The van der Waals surface area contributed by atoms with Gasteiger partial charge in [-0.3, -0.25) is 0 Å². The first-order valence-electron chi connectivity index (χ1n) is 6.11. The van der Waals surface area contributed by atoms with Gasteiger partial charge in [-0.25, -0.2) is 4.39 Å². The quantitative estimate of drug-likeness (QED) is 0.827. The Hall–Kier alpha value is -1.09. The lowest BCUT2D eigenvalue weighted by Crippen LogP contribution is -2.23. The van der Waals surface area contributed by atoms with Crippen molar-refractivity contribution < 1.29 is 9.13 Å². The molecule has 2 nitrogen and oxygen atoms in total. The molecule has 1 rings (SSSR count). The van der Waals surface area contributed by atoms with Gasteiger partial charge in [0.25, 0.3) is 0 Å². The van der Waals surface area contributed by atoms with Gasteiger partial charge in [-0.05, 0) is 36.8 Å². The molecule has 0 heterocycles. The van der Waals surface area contributed by atoms with Crippen molar-refractivity contribution in [3.63, 3.8) is 0 Å². The van der Waals surface area contributed by atoms with Crippen molar-refractivity contribution in [3.8, 4) is 5.75 Å². The van der Waals surface area contributed by atoms with E-state index in [0.29, 0.717) is 23.7 Å². The van der Waals surface area contributed by atoms with Crippen LogP contribution in [-0.2, 0) is 6.42 Å². The Bertz CT molecular complexity index is 352. The third-order valence-electron chi connectivity index (χ3n) is 2.86. The number of benzene rings is 1. The van der Waals surface area contributed by atoms with Crippen molar-refractivity contribution in [2.75, 3.05) is 7.11 Å². The molecule has 1 aromatic rings. The number of hydrogen-bond acceptors (Lipinski definition) is 2. The molecule has 0 saturated heterocycles. The van der Waals surface area contributed by atoms with Crippen LogP contribution in [-0.4, -0.2) is 13.2 Å². The smallest absolute Gasteiger partial charge is 0.168 e. The van der Waals surface area contributed by atoms with Crippen molar-refractivity contribution >= 4 is 0 Å². The summed E-state index contributed by atoms with van der Waals surface area (Å²) < 4.78 is 18.8. The molecular weight excluding hydrogens is 217 g/mol. The third-order valence-corrected chi connectivity index (χ3v) is 2.86. The van der Waals surface area contributed by atoms with Gasteiger partial charge < -0.3 is 10.5 Å². The van der Waals surface area contributed by atoms with Crippen LogP contribution in [0.3, 0.4) is 0 Å². The molecule has 0 aliphatic rings. The van der Waals surface area contributed by atoms with Crippen molar-refractivity contribution in [2.24, 2.45) is 11.7 Å². The fourth-order valence-electron chi connectivity index (χ4n) is 1.80. The van der Waals surface area contributed by atoms with Crippen LogP contribution in [0.1, 0.15) is 32.3 Å². The summed E-state index contributed by atoms with van der Waals surface area (Å²) >= 11 is 0. The van der Waals surface area contributed by atoms with Gasteiger partial charge in [0.15, 0.2) is 11.6 Å². The largest absolute Gasteiger partial charge is 0.494 e. The summed E-state index contributed by atoms with van der Waals surface area (Å²) in [7, 11) is 1.47. The van der Waals surface area contributed by atoms with E-state index in [0.717, 1.165) is 12.8 Å². The molecule has 2 N–H and O–H groups in total. The van der Waals surface area contributed by atoms with Crippen LogP contribution >= 0.6 is 0 Å².